The summed E-state index contributed by atoms with van der Waals surface area (Å²) in [4.78, 5) is 13.0. The van der Waals surface area contributed by atoms with Crippen LogP contribution in [-0.4, -0.2) is 19.1 Å². The first-order valence-electron chi connectivity index (χ1n) is 9.30. The zero-order valence-electron chi connectivity index (χ0n) is 15.6. The van der Waals surface area contributed by atoms with Gasteiger partial charge in [0.15, 0.2) is 0 Å². The predicted molar refractivity (Wildman–Crippen MR) is 105 cm³/mol. The Hall–Kier alpha value is -2.95. The number of carbonyl (C=O) groups is 1. The summed E-state index contributed by atoms with van der Waals surface area (Å²) in [5.41, 5.74) is 1.85. The van der Waals surface area contributed by atoms with Gasteiger partial charge in [-0.2, -0.15) is 0 Å². The number of hydrogen-bond acceptors (Lipinski definition) is 4. The average Bonchev–Trinajstić information content (AvgIpc) is 3.29. The first kappa shape index (κ1) is 17.5. The number of furan rings is 1. The molecule has 1 saturated carbocycles. The second-order valence-electron chi connectivity index (χ2n) is 6.87. The molecule has 3 aromatic rings. The molecule has 2 aromatic carbocycles. The van der Waals surface area contributed by atoms with Crippen molar-refractivity contribution in [3.05, 3.63) is 53.8 Å². The summed E-state index contributed by atoms with van der Waals surface area (Å²) >= 11 is 0. The van der Waals surface area contributed by atoms with Crippen LogP contribution in [0.3, 0.4) is 0 Å². The van der Waals surface area contributed by atoms with Crippen LogP contribution in [-0.2, 0) is 0 Å². The van der Waals surface area contributed by atoms with Gasteiger partial charge in [0.25, 0.3) is 5.91 Å². The molecule has 5 nitrogen and oxygen atoms in total. The highest BCUT2D eigenvalue weighted by atomic mass is 16.5. The lowest BCUT2D eigenvalue weighted by molar-refractivity contribution is 0.102. The van der Waals surface area contributed by atoms with E-state index < -0.39 is 0 Å². The number of methoxy groups -OCH3 is 1. The molecule has 1 heterocycles. The standard InChI is InChI=1S/C22H23NO4/c1-14-21(17-13-16(25-2)11-12-19(17)26-14)22(24)23-18-9-5-6-10-20(18)27-15-7-3-4-8-15/h5-6,9-13,15H,3-4,7-8H2,1-2H3,(H,23,24). The van der Waals surface area contributed by atoms with Crippen molar-refractivity contribution >= 4 is 22.6 Å². The van der Waals surface area contributed by atoms with E-state index in [0.717, 1.165) is 18.2 Å². The minimum absolute atomic E-state index is 0.220. The minimum atomic E-state index is -0.220. The van der Waals surface area contributed by atoms with Crippen LogP contribution in [0.2, 0.25) is 0 Å². The fraction of sp³-hybridized carbons (Fsp3) is 0.318. The van der Waals surface area contributed by atoms with Crippen molar-refractivity contribution in [2.45, 2.75) is 38.7 Å². The SMILES string of the molecule is COc1ccc2oc(C)c(C(=O)Nc3ccccc3OC3CCCC3)c2c1. The number of anilines is 1. The van der Waals surface area contributed by atoms with Crippen molar-refractivity contribution in [2.24, 2.45) is 0 Å². The quantitative estimate of drug-likeness (QED) is 0.664. The molecule has 1 N–H and O–H groups in total. The zero-order valence-corrected chi connectivity index (χ0v) is 15.6. The second-order valence-corrected chi connectivity index (χ2v) is 6.87. The number of carbonyl (C=O) groups excluding carboxylic acids is 1. The molecule has 1 fully saturated rings. The van der Waals surface area contributed by atoms with Gasteiger partial charge in [-0.1, -0.05) is 12.1 Å². The number of fused-ring (bicyclic) bond motifs is 1. The van der Waals surface area contributed by atoms with Crippen molar-refractivity contribution < 1.29 is 18.7 Å². The molecule has 1 aliphatic carbocycles. The second kappa shape index (κ2) is 7.35. The summed E-state index contributed by atoms with van der Waals surface area (Å²) in [5.74, 6) is 1.75. The molecule has 27 heavy (non-hydrogen) atoms. The highest BCUT2D eigenvalue weighted by molar-refractivity contribution is 6.13. The average molecular weight is 365 g/mol. The maximum atomic E-state index is 13.0. The van der Waals surface area contributed by atoms with Gasteiger partial charge in [0.2, 0.25) is 0 Å². The van der Waals surface area contributed by atoms with Gasteiger partial charge in [0.1, 0.15) is 22.8 Å². The molecule has 0 bridgehead atoms. The Morgan fingerprint density at radius 2 is 1.93 bits per heavy atom. The molecule has 0 atom stereocenters. The Labute approximate surface area is 158 Å². The van der Waals surface area contributed by atoms with Crippen molar-refractivity contribution in [3.8, 4) is 11.5 Å². The lowest BCUT2D eigenvalue weighted by Gasteiger charge is -2.16. The van der Waals surface area contributed by atoms with Crippen LogP contribution in [0.15, 0.2) is 46.9 Å². The van der Waals surface area contributed by atoms with E-state index in [1.807, 2.05) is 42.5 Å². The Kier molecular flexibility index (Phi) is 4.75. The maximum Gasteiger partial charge on any atom is 0.259 e. The largest absolute Gasteiger partial charge is 0.497 e. The van der Waals surface area contributed by atoms with Gasteiger partial charge >= 0.3 is 0 Å². The maximum absolute atomic E-state index is 13.0. The molecule has 1 amide bonds. The molecule has 1 aliphatic rings. The number of hydrogen-bond donors (Lipinski definition) is 1. The molecule has 140 valence electrons. The third-order valence-electron chi connectivity index (χ3n) is 5.03. The molecule has 0 saturated heterocycles. The molecule has 0 radical (unpaired) electrons. The van der Waals surface area contributed by atoms with Crippen molar-refractivity contribution in [1.29, 1.82) is 0 Å². The first-order valence-corrected chi connectivity index (χ1v) is 9.30. The summed E-state index contributed by atoms with van der Waals surface area (Å²) in [7, 11) is 1.60. The van der Waals surface area contributed by atoms with E-state index in [9.17, 15) is 4.79 Å². The van der Waals surface area contributed by atoms with Gasteiger partial charge in [-0.05, 0) is 62.9 Å². The number of nitrogens with one attached hydrogen (secondary N) is 1. The van der Waals surface area contributed by atoms with Crippen molar-refractivity contribution in [2.75, 3.05) is 12.4 Å². The summed E-state index contributed by atoms with van der Waals surface area (Å²) < 4.78 is 17.2. The van der Waals surface area contributed by atoms with Crippen LogP contribution in [0.4, 0.5) is 5.69 Å². The minimum Gasteiger partial charge on any atom is -0.497 e. The van der Waals surface area contributed by atoms with Gasteiger partial charge < -0.3 is 19.2 Å². The topological polar surface area (TPSA) is 60.7 Å². The van der Waals surface area contributed by atoms with Crippen LogP contribution in [0.25, 0.3) is 11.0 Å². The fourth-order valence-electron chi connectivity index (χ4n) is 3.65. The molecule has 5 heteroatoms. The normalized spacial score (nSPS) is 14.4. The third kappa shape index (κ3) is 3.50. The van der Waals surface area contributed by atoms with Gasteiger partial charge in [0.05, 0.1) is 24.5 Å². The molecular weight excluding hydrogens is 342 g/mol. The van der Waals surface area contributed by atoms with Crippen molar-refractivity contribution in [1.82, 2.24) is 0 Å². The molecule has 0 aliphatic heterocycles. The van der Waals surface area contributed by atoms with E-state index >= 15 is 0 Å². The Morgan fingerprint density at radius 3 is 2.70 bits per heavy atom. The number of para-hydroxylation sites is 2. The zero-order chi connectivity index (χ0) is 18.8. The van der Waals surface area contributed by atoms with E-state index in [1.165, 1.54) is 12.8 Å². The number of rotatable bonds is 5. The molecule has 1 aromatic heterocycles. The predicted octanol–water partition coefficient (Wildman–Crippen LogP) is 5.32. The molecule has 0 spiro atoms. The van der Waals surface area contributed by atoms with E-state index in [1.54, 1.807) is 14.0 Å². The van der Waals surface area contributed by atoms with E-state index in [4.69, 9.17) is 13.9 Å². The lowest BCUT2D eigenvalue weighted by Crippen LogP contribution is -2.16. The summed E-state index contributed by atoms with van der Waals surface area (Å²) in [5, 5.41) is 3.73. The number of ether oxygens (including phenoxy) is 2. The highest BCUT2D eigenvalue weighted by Crippen LogP contribution is 2.32. The summed E-state index contributed by atoms with van der Waals surface area (Å²) in [6.45, 7) is 1.79. The van der Waals surface area contributed by atoms with Gasteiger partial charge in [-0.25, -0.2) is 0 Å². The fourth-order valence-corrected chi connectivity index (χ4v) is 3.65. The number of amides is 1. The molecule has 4 rings (SSSR count). The number of aryl methyl sites for hydroxylation is 1. The van der Waals surface area contributed by atoms with E-state index in [2.05, 4.69) is 5.32 Å². The summed E-state index contributed by atoms with van der Waals surface area (Å²) in [6.07, 6.45) is 4.74. The highest BCUT2D eigenvalue weighted by Gasteiger charge is 2.22. The summed E-state index contributed by atoms with van der Waals surface area (Å²) in [6, 6.07) is 13.0. The Morgan fingerprint density at radius 1 is 1.15 bits per heavy atom. The molecular formula is C22H23NO4. The first-order chi connectivity index (χ1) is 13.2. The van der Waals surface area contributed by atoms with Crippen LogP contribution < -0.4 is 14.8 Å². The van der Waals surface area contributed by atoms with Gasteiger partial charge in [-0.15, -0.1) is 0 Å². The number of benzene rings is 2. The Balaban J connectivity index is 1.63. The van der Waals surface area contributed by atoms with Crippen molar-refractivity contribution in [3.63, 3.8) is 0 Å². The lowest BCUT2D eigenvalue weighted by atomic mass is 10.1. The van der Waals surface area contributed by atoms with Crippen LogP contribution in [0.5, 0.6) is 11.5 Å². The van der Waals surface area contributed by atoms with Crippen LogP contribution >= 0.6 is 0 Å². The third-order valence-corrected chi connectivity index (χ3v) is 5.03. The van der Waals surface area contributed by atoms with Crippen LogP contribution in [0, 0.1) is 6.92 Å². The smallest absolute Gasteiger partial charge is 0.259 e. The monoisotopic (exact) mass is 365 g/mol. The molecule has 0 unspecified atom stereocenters. The van der Waals surface area contributed by atoms with E-state index in [-0.39, 0.29) is 12.0 Å². The Bertz CT molecular complexity index is 970. The van der Waals surface area contributed by atoms with Gasteiger partial charge in [-0.3, -0.25) is 4.79 Å². The van der Waals surface area contributed by atoms with Gasteiger partial charge in [0, 0.05) is 5.39 Å². The van der Waals surface area contributed by atoms with E-state index in [0.29, 0.717) is 34.1 Å². The van der Waals surface area contributed by atoms with Crippen LogP contribution in [0.1, 0.15) is 41.8 Å².